The molecule has 0 fully saturated rings. The monoisotopic (exact) mass is 326 g/mol. The lowest BCUT2D eigenvalue weighted by atomic mass is 10.1. The van der Waals surface area contributed by atoms with E-state index >= 15 is 0 Å². The predicted octanol–water partition coefficient (Wildman–Crippen LogP) is 0.725. The highest BCUT2D eigenvalue weighted by Crippen LogP contribution is 2.19. The molecule has 2 aromatic heterocycles. The molecule has 0 aliphatic rings. The van der Waals surface area contributed by atoms with Gasteiger partial charge in [0.1, 0.15) is 11.3 Å². The maximum absolute atomic E-state index is 12.2. The third kappa shape index (κ3) is 2.54. The van der Waals surface area contributed by atoms with Gasteiger partial charge in [-0.2, -0.15) is 0 Å². The molecule has 8 heteroatoms. The van der Waals surface area contributed by atoms with Crippen LogP contribution in [0.4, 0.5) is 0 Å². The van der Waals surface area contributed by atoms with Crippen molar-refractivity contribution in [1.29, 1.82) is 0 Å². The normalized spacial score (nSPS) is 11.4. The van der Waals surface area contributed by atoms with E-state index in [1.54, 1.807) is 31.3 Å². The first kappa shape index (κ1) is 15.5. The van der Waals surface area contributed by atoms with E-state index in [-0.39, 0.29) is 11.2 Å². The molecule has 8 nitrogen and oxygen atoms in total. The topological polar surface area (TPSA) is 110 Å². The molecule has 2 N–H and O–H groups in total. The van der Waals surface area contributed by atoms with Crippen molar-refractivity contribution in [2.24, 2.45) is 14.1 Å². The van der Waals surface area contributed by atoms with Gasteiger partial charge >= 0.3 is 11.7 Å². The minimum atomic E-state index is -1.02. The van der Waals surface area contributed by atoms with E-state index in [1.165, 1.54) is 17.7 Å². The Kier molecular flexibility index (Phi) is 3.64. The van der Waals surface area contributed by atoms with Crippen LogP contribution in [0.5, 0.6) is 0 Å². The summed E-state index contributed by atoms with van der Waals surface area (Å²) in [5, 5.41) is 8.62. The summed E-state index contributed by atoms with van der Waals surface area (Å²) in [4.78, 5) is 41.9. The molecule has 0 bridgehead atoms. The Bertz CT molecular complexity index is 1080. The van der Waals surface area contributed by atoms with E-state index in [2.05, 4.69) is 9.97 Å². The average Bonchev–Trinajstić information content (AvgIpc) is 3.02. The number of carboxylic acids is 1. The molecule has 0 aliphatic heterocycles. The summed E-state index contributed by atoms with van der Waals surface area (Å²) in [7, 11) is 2.96. The molecule has 3 aromatic rings. The number of carboxylic acid groups (broad SMARTS) is 1. The fourth-order valence-corrected chi connectivity index (χ4v) is 2.38. The summed E-state index contributed by atoms with van der Waals surface area (Å²) in [6, 6.07) is 6.97. The lowest BCUT2D eigenvalue weighted by Crippen LogP contribution is -2.36. The summed E-state index contributed by atoms with van der Waals surface area (Å²) < 4.78 is 2.32. The van der Waals surface area contributed by atoms with Gasteiger partial charge in [0.15, 0.2) is 5.65 Å². The van der Waals surface area contributed by atoms with Crippen molar-refractivity contribution in [1.82, 2.24) is 19.1 Å². The molecule has 0 saturated carbocycles. The summed E-state index contributed by atoms with van der Waals surface area (Å²) in [5.41, 5.74) is 1.10. The number of carbonyl (C=O) groups is 1. The smallest absolute Gasteiger partial charge is 0.332 e. The SMILES string of the molecule is Cn1c(=O)c2[nH]c(-c3ccc(C=CC(=O)O)cc3)nc2n(C)c1=O. The molecule has 3 rings (SSSR count). The Morgan fingerprint density at radius 2 is 1.83 bits per heavy atom. The molecule has 0 radical (unpaired) electrons. The number of aromatic nitrogens is 4. The van der Waals surface area contributed by atoms with Gasteiger partial charge in [-0.15, -0.1) is 0 Å². The fraction of sp³-hybridized carbons (Fsp3) is 0.125. The second-order valence-corrected chi connectivity index (χ2v) is 5.28. The van der Waals surface area contributed by atoms with E-state index in [0.29, 0.717) is 11.4 Å². The minimum Gasteiger partial charge on any atom is -0.478 e. The number of nitrogens with zero attached hydrogens (tertiary/aromatic N) is 3. The van der Waals surface area contributed by atoms with Crippen LogP contribution in [0, 0.1) is 0 Å². The van der Waals surface area contributed by atoms with Gasteiger partial charge in [0, 0.05) is 25.7 Å². The van der Waals surface area contributed by atoms with Crippen LogP contribution in [0.15, 0.2) is 39.9 Å². The van der Waals surface area contributed by atoms with Crippen LogP contribution >= 0.6 is 0 Å². The second kappa shape index (κ2) is 5.65. The van der Waals surface area contributed by atoms with E-state index in [9.17, 15) is 14.4 Å². The average molecular weight is 326 g/mol. The number of aryl methyl sites for hydroxylation is 1. The van der Waals surface area contributed by atoms with Gasteiger partial charge < -0.3 is 10.1 Å². The zero-order valence-corrected chi connectivity index (χ0v) is 13.0. The lowest BCUT2D eigenvalue weighted by molar-refractivity contribution is -0.131. The van der Waals surface area contributed by atoms with Crippen LogP contribution in [0.2, 0.25) is 0 Å². The number of hydrogen-bond donors (Lipinski definition) is 2. The number of imidazole rings is 1. The zero-order valence-electron chi connectivity index (χ0n) is 13.0. The first-order valence-corrected chi connectivity index (χ1v) is 7.05. The van der Waals surface area contributed by atoms with Crippen molar-refractivity contribution in [3.05, 3.63) is 56.7 Å². The number of fused-ring (bicyclic) bond motifs is 1. The van der Waals surface area contributed by atoms with E-state index in [1.807, 2.05) is 0 Å². The van der Waals surface area contributed by atoms with Gasteiger partial charge in [0.2, 0.25) is 0 Å². The van der Waals surface area contributed by atoms with Crippen LogP contribution in [0.1, 0.15) is 5.56 Å². The number of hydrogen-bond acceptors (Lipinski definition) is 4. The molecule has 122 valence electrons. The molecule has 0 aliphatic carbocycles. The van der Waals surface area contributed by atoms with Crippen LogP contribution < -0.4 is 11.2 Å². The summed E-state index contributed by atoms with van der Waals surface area (Å²) in [6.07, 6.45) is 2.53. The molecule has 0 unspecified atom stereocenters. The number of rotatable bonds is 3. The number of nitrogens with one attached hydrogen (secondary N) is 1. The van der Waals surface area contributed by atoms with Gasteiger partial charge in [0.05, 0.1) is 0 Å². The molecule has 24 heavy (non-hydrogen) atoms. The minimum absolute atomic E-state index is 0.254. The maximum Gasteiger partial charge on any atom is 0.332 e. The van der Waals surface area contributed by atoms with Crippen molar-refractivity contribution in [2.75, 3.05) is 0 Å². The van der Waals surface area contributed by atoms with Crippen LogP contribution in [-0.2, 0) is 18.9 Å². The zero-order chi connectivity index (χ0) is 17.4. The number of aliphatic carboxylic acids is 1. The van der Waals surface area contributed by atoms with Crippen molar-refractivity contribution >= 4 is 23.2 Å². The van der Waals surface area contributed by atoms with Gasteiger partial charge in [-0.1, -0.05) is 24.3 Å². The predicted molar refractivity (Wildman–Crippen MR) is 88.7 cm³/mol. The third-order valence-corrected chi connectivity index (χ3v) is 3.70. The Hall–Kier alpha value is -3.42. The molecule has 0 spiro atoms. The highest BCUT2D eigenvalue weighted by atomic mass is 16.4. The Morgan fingerprint density at radius 3 is 2.46 bits per heavy atom. The second-order valence-electron chi connectivity index (χ2n) is 5.28. The lowest BCUT2D eigenvalue weighted by Gasteiger charge is -2.00. The highest BCUT2D eigenvalue weighted by Gasteiger charge is 2.14. The van der Waals surface area contributed by atoms with Crippen LogP contribution in [0.25, 0.3) is 28.6 Å². The van der Waals surface area contributed by atoms with Crippen molar-refractivity contribution < 1.29 is 9.90 Å². The third-order valence-electron chi connectivity index (χ3n) is 3.70. The molecule has 1 aromatic carbocycles. The summed E-state index contributed by atoms with van der Waals surface area (Å²) >= 11 is 0. The first-order valence-electron chi connectivity index (χ1n) is 7.05. The van der Waals surface area contributed by atoms with E-state index < -0.39 is 17.2 Å². The number of aromatic amines is 1. The maximum atomic E-state index is 12.2. The standard InChI is InChI=1S/C16H14N4O4/c1-19-14-12(15(23)20(2)16(19)24)17-13(18-14)10-6-3-9(4-7-10)5-8-11(21)22/h3-8H,1-2H3,(H,17,18)(H,21,22). The molecular formula is C16H14N4O4. The first-order chi connectivity index (χ1) is 11.4. The van der Waals surface area contributed by atoms with Gasteiger partial charge in [0.25, 0.3) is 5.56 Å². The van der Waals surface area contributed by atoms with Crippen molar-refractivity contribution in [2.45, 2.75) is 0 Å². The van der Waals surface area contributed by atoms with Crippen LogP contribution in [0.3, 0.4) is 0 Å². The van der Waals surface area contributed by atoms with Gasteiger partial charge in [-0.25, -0.2) is 14.6 Å². The highest BCUT2D eigenvalue weighted by molar-refractivity contribution is 5.85. The Balaban J connectivity index is 2.09. The van der Waals surface area contributed by atoms with Crippen molar-refractivity contribution in [3.63, 3.8) is 0 Å². The largest absolute Gasteiger partial charge is 0.478 e. The molecule has 0 saturated heterocycles. The molecule has 0 atom stereocenters. The summed E-state index contributed by atoms with van der Waals surface area (Å²) in [5.74, 6) is -0.565. The molecule has 0 amide bonds. The molecular weight excluding hydrogens is 312 g/mol. The van der Waals surface area contributed by atoms with Gasteiger partial charge in [-0.05, 0) is 11.6 Å². The van der Waals surface area contributed by atoms with Crippen LogP contribution in [-0.4, -0.2) is 30.2 Å². The quantitative estimate of drug-likeness (QED) is 0.689. The molecule has 2 heterocycles. The Morgan fingerprint density at radius 1 is 1.17 bits per heavy atom. The number of H-pyrrole nitrogens is 1. The fourth-order valence-electron chi connectivity index (χ4n) is 2.38. The summed E-state index contributed by atoms with van der Waals surface area (Å²) in [6.45, 7) is 0. The van der Waals surface area contributed by atoms with Gasteiger partial charge in [-0.3, -0.25) is 13.9 Å². The van der Waals surface area contributed by atoms with Crippen molar-refractivity contribution in [3.8, 4) is 11.4 Å². The number of benzene rings is 1. The van der Waals surface area contributed by atoms with E-state index in [0.717, 1.165) is 16.2 Å². The Labute approximate surface area is 135 Å². The van der Waals surface area contributed by atoms with E-state index in [4.69, 9.17) is 5.11 Å².